The molecule has 0 aliphatic carbocycles. The maximum Gasteiger partial charge on any atom is 0.271 e. The smallest absolute Gasteiger partial charge is 0.271 e. The molecule has 0 bridgehead atoms. The molecule has 1 amide bonds. The number of hydrogen-bond donors (Lipinski definition) is 1. The van der Waals surface area contributed by atoms with Gasteiger partial charge in [-0.3, -0.25) is 19.1 Å². The third kappa shape index (κ3) is 4.27. The minimum Gasteiger partial charge on any atom is -0.349 e. The monoisotopic (exact) mass is 404 g/mol. The topological polar surface area (TPSA) is 77.6 Å². The van der Waals surface area contributed by atoms with Crippen LogP contribution in [0.25, 0.3) is 22.6 Å². The van der Waals surface area contributed by atoms with Gasteiger partial charge < -0.3 is 5.32 Å². The number of carbonyl (C=O) groups excluding carboxylic acids is 1. The summed E-state index contributed by atoms with van der Waals surface area (Å²) >= 11 is 0. The van der Waals surface area contributed by atoms with Gasteiger partial charge in [-0.25, -0.2) is 4.39 Å². The molecule has 8 heteroatoms. The molecule has 0 spiro atoms. The Morgan fingerprint density at radius 3 is 2.53 bits per heavy atom. The summed E-state index contributed by atoms with van der Waals surface area (Å²) in [5.41, 5.74) is 4.54. The van der Waals surface area contributed by atoms with Gasteiger partial charge in [0.2, 0.25) is 0 Å². The number of benzene rings is 1. The van der Waals surface area contributed by atoms with Crippen LogP contribution in [-0.4, -0.2) is 37.0 Å². The highest BCUT2D eigenvalue weighted by atomic mass is 19.1. The Hall–Kier alpha value is -3.81. The summed E-state index contributed by atoms with van der Waals surface area (Å²) in [5.74, 6) is -0.535. The summed E-state index contributed by atoms with van der Waals surface area (Å²) in [6.45, 7) is 2.80. The van der Waals surface area contributed by atoms with Gasteiger partial charge in [0.25, 0.3) is 5.91 Å². The van der Waals surface area contributed by atoms with Crippen LogP contribution in [0.15, 0.2) is 60.9 Å². The van der Waals surface area contributed by atoms with Crippen molar-refractivity contribution in [1.82, 2.24) is 29.9 Å². The first-order chi connectivity index (χ1) is 14.5. The molecule has 30 heavy (non-hydrogen) atoms. The second-order valence-electron chi connectivity index (χ2n) is 7.00. The summed E-state index contributed by atoms with van der Waals surface area (Å²) in [5, 5.41) is 11.6. The molecule has 0 saturated carbocycles. The number of nitrogens with zero attached hydrogens (tertiary/aromatic N) is 5. The molecule has 0 saturated heterocycles. The van der Waals surface area contributed by atoms with Crippen molar-refractivity contribution in [3.05, 3.63) is 78.0 Å². The number of amides is 1. The molecular formula is C22H21FN6O. The first kappa shape index (κ1) is 19.5. The number of aryl methyl sites for hydroxylation is 2. The summed E-state index contributed by atoms with van der Waals surface area (Å²) in [6.07, 6.45) is 3.52. The summed E-state index contributed by atoms with van der Waals surface area (Å²) in [4.78, 5) is 16.7. The molecule has 0 aliphatic rings. The average Bonchev–Trinajstić information content (AvgIpc) is 3.36. The molecule has 1 aromatic carbocycles. The Bertz CT molecular complexity index is 1160. The molecule has 0 unspecified atom stereocenters. The Balaban J connectivity index is 1.57. The lowest BCUT2D eigenvalue weighted by Gasteiger charge is -2.08. The van der Waals surface area contributed by atoms with Crippen LogP contribution in [0.4, 0.5) is 4.39 Å². The maximum absolute atomic E-state index is 13.3. The molecule has 0 fully saturated rings. The fourth-order valence-electron chi connectivity index (χ4n) is 3.08. The highest BCUT2D eigenvalue weighted by Gasteiger charge is 2.14. The van der Waals surface area contributed by atoms with Crippen LogP contribution in [0.3, 0.4) is 0 Å². The fourth-order valence-corrected chi connectivity index (χ4v) is 3.08. The number of hydrogen-bond acceptors (Lipinski definition) is 4. The van der Waals surface area contributed by atoms with Crippen molar-refractivity contribution in [2.24, 2.45) is 7.05 Å². The van der Waals surface area contributed by atoms with E-state index in [1.165, 1.54) is 12.1 Å². The molecule has 4 aromatic rings. The van der Waals surface area contributed by atoms with E-state index in [1.807, 2.05) is 25.1 Å². The molecular weight excluding hydrogens is 383 g/mol. The highest BCUT2D eigenvalue weighted by Crippen LogP contribution is 2.25. The number of rotatable bonds is 6. The molecule has 0 atom stereocenters. The van der Waals surface area contributed by atoms with E-state index in [2.05, 4.69) is 20.5 Å². The minimum atomic E-state index is -0.296. The summed E-state index contributed by atoms with van der Waals surface area (Å²) in [7, 11) is 1.76. The predicted molar refractivity (Wildman–Crippen MR) is 111 cm³/mol. The number of carbonyl (C=O) groups is 1. The van der Waals surface area contributed by atoms with E-state index in [4.69, 9.17) is 0 Å². The Kier molecular flexibility index (Phi) is 5.38. The molecule has 3 aromatic heterocycles. The predicted octanol–water partition coefficient (Wildman–Crippen LogP) is 3.22. The molecule has 0 aliphatic heterocycles. The normalized spacial score (nSPS) is 10.9. The van der Waals surface area contributed by atoms with E-state index in [-0.39, 0.29) is 11.7 Å². The van der Waals surface area contributed by atoms with E-state index < -0.39 is 0 Å². The lowest BCUT2D eigenvalue weighted by Crippen LogP contribution is -2.28. The summed E-state index contributed by atoms with van der Waals surface area (Å²) < 4.78 is 16.7. The zero-order chi connectivity index (χ0) is 21.1. The van der Waals surface area contributed by atoms with Gasteiger partial charge in [-0.1, -0.05) is 6.07 Å². The third-order valence-corrected chi connectivity index (χ3v) is 4.65. The van der Waals surface area contributed by atoms with Crippen molar-refractivity contribution in [3.8, 4) is 22.6 Å². The van der Waals surface area contributed by atoms with E-state index in [0.29, 0.717) is 24.5 Å². The van der Waals surface area contributed by atoms with Crippen LogP contribution in [0.1, 0.15) is 16.1 Å². The molecule has 7 nitrogen and oxygen atoms in total. The number of halogens is 1. The number of aromatic nitrogens is 5. The van der Waals surface area contributed by atoms with Gasteiger partial charge in [0.1, 0.15) is 11.5 Å². The molecule has 0 radical (unpaired) electrons. The van der Waals surface area contributed by atoms with Crippen LogP contribution >= 0.6 is 0 Å². The van der Waals surface area contributed by atoms with Crippen LogP contribution in [0.5, 0.6) is 0 Å². The molecule has 4 rings (SSSR count). The second kappa shape index (κ2) is 8.28. The van der Waals surface area contributed by atoms with Crippen LogP contribution in [0, 0.1) is 12.7 Å². The van der Waals surface area contributed by atoms with Crippen LogP contribution in [-0.2, 0) is 13.6 Å². The molecule has 3 heterocycles. The zero-order valence-electron chi connectivity index (χ0n) is 16.7. The van der Waals surface area contributed by atoms with Crippen molar-refractivity contribution in [2.75, 3.05) is 6.54 Å². The van der Waals surface area contributed by atoms with Crippen molar-refractivity contribution in [1.29, 1.82) is 0 Å². The van der Waals surface area contributed by atoms with E-state index in [0.717, 1.165) is 22.5 Å². The lowest BCUT2D eigenvalue weighted by atomic mass is 10.1. The fraction of sp³-hybridized carbons (Fsp3) is 0.182. The first-order valence-electron chi connectivity index (χ1n) is 9.54. The van der Waals surface area contributed by atoms with Gasteiger partial charge >= 0.3 is 0 Å². The third-order valence-electron chi connectivity index (χ3n) is 4.65. The van der Waals surface area contributed by atoms with Gasteiger partial charge in [-0.2, -0.15) is 10.2 Å². The van der Waals surface area contributed by atoms with Crippen molar-refractivity contribution < 1.29 is 9.18 Å². The highest BCUT2D eigenvalue weighted by molar-refractivity contribution is 5.92. The van der Waals surface area contributed by atoms with Crippen LogP contribution in [0.2, 0.25) is 0 Å². The van der Waals surface area contributed by atoms with E-state index >= 15 is 0 Å². The van der Waals surface area contributed by atoms with Crippen molar-refractivity contribution >= 4 is 5.91 Å². The van der Waals surface area contributed by atoms with Gasteiger partial charge in [0.05, 0.1) is 23.6 Å². The van der Waals surface area contributed by atoms with Crippen molar-refractivity contribution in [3.63, 3.8) is 0 Å². The van der Waals surface area contributed by atoms with Gasteiger partial charge in [0.15, 0.2) is 0 Å². The number of pyridine rings is 1. The van der Waals surface area contributed by atoms with Gasteiger partial charge in [0, 0.05) is 31.5 Å². The number of nitrogens with one attached hydrogen (secondary N) is 1. The average molecular weight is 404 g/mol. The molecule has 152 valence electrons. The SMILES string of the molecule is Cc1ccc(-c2cc(-c3ccc(F)cc3)nn2CCNC(=O)c2ccn(C)n2)nc1. The second-order valence-corrected chi connectivity index (χ2v) is 7.00. The van der Waals surface area contributed by atoms with Gasteiger partial charge in [-0.05, 0) is 55.0 Å². The minimum absolute atomic E-state index is 0.239. The van der Waals surface area contributed by atoms with Crippen molar-refractivity contribution in [2.45, 2.75) is 13.5 Å². The standard InChI is InChI=1S/C22H21FN6O/c1-15-3-8-18(25-14-15)21-13-20(16-4-6-17(23)7-5-16)27-29(21)12-10-24-22(30)19-9-11-28(2)26-19/h3-9,11,13-14H,10,12H2,1-2H3,(H,24,30). The van der Waals surface area contributed by atoms with E-state index in [9.17, 15) is 9.18 Å². The largest absolute Gasteiger partial charge is 0.349 e. The lowest BCUT2D eigenvalue weighted by molar-refractivity contribution is 0.0946. The Morgan fingerprint density at radius 2 is 1.87 bits per heavy atom. The summed E-state index contributed by atoms with van der Waals surface area (Å²) in [6, 6.07) is 13.7. The van der Waals surface area contributed by atoms with Crippen LogP contribution < -0.4 is 5.32 Å². The maximum atomic E-state index is 13.3. The first-order valence-corrected chi connectivity index (χ1v) is 9.54. The molecule has 1 N–H and O–H groups in total. The zero-order valence-corrected chi connectivity index (χ0v) is 16.7. The van der Waals surface area contributed by atoms with E-state index in [1.54, 1.807) is 47.0 Å². The Morgan fingerprint density at radius 1 is 1.07 bits per heavy atom. The Labute approximate surface area is 173 Å². The quantitative estimate of drug-likeness (QED) is 0.535. The van der Waals surface area contributed by atoms with Gasteiger partial charge in [-0.15, -0.1) is 0 Å².